The summed E-state index contributed by atoms with van der Waals surface area (Å²) in [6, 6.07) is 0. The van der Waals surface area contributed by atoms with Crippen molar-refractivity contribution in [3.63, 3.8) is 0 Å². The summed E-state index contributed by atoms with van der Waals surface area (Å²) in [7, 11) is 0. The molecule has 0 saturated heterocycles. The van der Waals surface area contributed by atoms with E-state index < -0.39 is 17.7 Å². The number of nitrogen functional groups attached to an aromatic ring is 1. The summed E-state index contributed by atoms with van der Waals surface area (Å²) < 4.78 is 36.9. The second-order valence-electron chi connectivity index (χ2n) is 2.40. The third kappa shape index (κ3) is 2.02. The van der Waals surface area contributed by atoms with E-state index in [1.165, 1.54) is 0 Å². The zero-order valence-electron chi connectivity index (χ0n) is 6.85. The minimum Gasteiger partial charge on any atom is -0.383 e. The molecule has 0 amide bonds. The molecule has 0 aromatic carbocycles. The van der Waals surface area contributed by atoms with Crippen LogP contribution in [0.25, 0.3) is 0 Å². The fourth-order valence-corrected chi connectivity index (χ4v) is 1.65. The molecule has 0 atom stereocenters. The first-order valence-electron chi connectivity index (χ1n) is 3.47. The largest absolute Gasteiger partial charge is 0.434 e. The molecule has 0 unspecified atom stereocenters. The van der Waals surface area contributed by atoms with Gasteiger partial charge < -0.3 is 11.5 Å². The maximum atomic E-state index is 12.3. The van der Waals surface area contributed by atoms with E-state index in [4.69, 9.17) is 16.9 Å². The van der Waals surface area contributed by atoms with Crippen LogP contribution in [-0.4, -0.2) is 10.8 Å². The van der Waals surface area contributed by atoms with E-state index in [1.54, 1.807) is 0 Å². The van der Waals surface area contributed by atoms with E-state index in [0.29, 0.717) is 11.3 Å². The minimum atomic E-state index is -4.59. The lowest BCUT2D eigenvalue weighted by Gasteiger charge is -2.03. The third-order valence-corrected chi connectivity index (χ3v) is 2.47. The van der Waals surface area contributed by atoms with E-state index in [9.17, 15) is 13.2 Å². The van der Waals surface area contributed by atoms with Gasteiger partial charge in [-0.25, -0.2) is 4.98 Å². The number of rotatable bonds is 2. The standard InChI is InChI=1S/C6H7F3N4S/c7-6(8,9)4-3(5(11)12)14-2(1-10)13-4/h1,10H2,(H3,11,12). The van der Waals surface area contributed by atoms with Crippen LogP contribution >= 0.6 is 11.3 Å². The number of alkyl halides is 3. The molecule has 0 aliphatic rings. The molecule has 0 bridgehead atoms. The van der Waals surface area contributed by atoms with Crippen LogP contribution in [0.15, 0.2) is 0 Å². The summed E-state index contributed by atoms with van der Waals surface area (Å²) in [5.41, 5.74) is 9.01. The number of nitrogens with zero attached hydrogens (tertiary/aromatic N) is 1. The van der Waals surface area contributed by atoms with Crippen molar-refractivity contribution in [2.75, 3.05) is 0 Å². The Hall–Kier alpha value is -1.15. The highest BCUT2D eigenvalue weighted by molar-refractivity contribution is 7.13. The Morgan fingerprint density at radius 1 is 1.50 bits per heavy atom. The number of halogens is 3. The molecule has 14 heavy (non-hydrogen) atoms. The van der Waals surface area contributed by atoms with Gasteiger partial charge in [0.05, 0.1) is 0 Å². The highest BCUT2D eigenvalue weighted by Crippen LogP contribution is 2.33. The monoisotopic (exact) mass is 224 g/mol. The van der Waals surface area contributed by atoms with Crippen molar-refractivity contribution >= 4 is 17.2 Å². The normalized spacial score (nSPS) is 11.7. The predicted molar refractivity (Wildman–Crippen MR) is 46.0 cm³/mol. The number of amidine groups is 1. The van der Waals surface area contributed by atoms with Crippen LogP contribution in [0, 0.1) is 5.41 Å². The number of hydrogen-bond donors (Lipinski definition) is 3. The molecule has 0 spiro atoms. The topological polar surface area (TPSA) is 88.8 Å². The van der Waals surface area contributed by atoms with E-state index in [0.717, 1.165) is 0 Å². The molecule has 0 aliphatic heterocycles. The van der Waals surface area contributed by atoms with Gasteiger partial charge in [0.25, 0.3) is 0 Å². The molecule has 4 nitrogen and oxygen atoms in total. The number of thiazole rings is 1. The van der Waals surface area contributed by atoms with Gasteiger partial charge in [0.2, 0.25) is 0 Å². The third-order valence-electron chi connectivity index (χ3n) is 1.36. The van der Waals surface area contributed by atoms with Crippen molar-refractivity contribution in [3.8, 4) is 0 Å². The summed E-state index contributed by atoms with van der Waals surface area (Å²) in [4.78, 5) is 2.89. The van der Waals surface area contributed by atoms with Crippen LogP contribution in [0.5, 0.6) is 0 Å². The van der Waals surface area contributed by atoms with E-state index >= 15 is 0 Å². The van der Waals surface area contributed by atoms with Crippen LogP contribution in [0.1, 0.15) is 15.6 Å². The fourth-order valence-electron chi connectivity index (χ4n) is 0.826. The number of hydrogen-bond acceptors (Lipinski definition) is 4. The van der Waals surface area contributed by atoms with Crippen LogP contribution < -0.4 is 11.5 Å². The van der Waals surface area contributed by atoms with Gasteiger partial charge >= 0.3 is 6.18 Å². The Labute approximate surface area is 81.2 Å². The summed E-state index contributed by atoms with van der Waals surface area (Å²) in [5, 5.41) is 7.07. The SMILES string of the molecule is N=C(N)c1sc(CN)nc1C(F)(F)F. The summed E-state index contributed by atoms with van der Waals surface area (Å²) in [6.45, 7) is -0.0962. The maximum Gasteiger partial charge on any atom is 0.434 e. The van der Waals surface area contributed by atoms with Gasteiger partial charge in [-0.1, -0.05) is 0 Å². The number of aromatic nitrogens is 1. The molecule has 8 heteroatoms. The lowest BCUT2D eigenvalue weighted by molar-refractivity contribution is -0.140. The molecule has 0 aliphatic carbocycles. The van der Waals surface area contributed by atoms with Gasteiger partial charge in [-0.05, 0) is 0 Å². The smallest absolute Gasteiger partial charge is 0.383 e. The van der Waals surface area contributed by atoms with Gasteiger partial charge in [-0.2, -0.15) is 13.2 Å². The molecule has 1 rings (SSSR count). The molecular formula is C6H7F3N4S. The van der Waals surface area contributed by atoms with Crippen LogP contribution in [0.4, 0.5) is 13.2 Å². The van der Waals surface area contributed by atoms with Gasteiger partial charge in [0, 0.05) is 6.54 Å². The van der Waals surface area contributed by atoms with Gasteiger partial charge in [-0.15, -0.1) is 11.3 Å². The van der Waals surface area contributed by atoms with E-state index in [-0.39, 0.29) is 16.4 Å². The Morgan fingerprint density at radius 3 is 2.36 bits per heavy atom. The zero-order chi connectivity index (χ0) is 10.9. The minimum absolute atomic E-state index is 0.0962. The molecule has 0 radical (unpaired) electrons. The van der Waals surface area contributed by atoms with Crippen molar-refractivity contribution in [1.82, 2.24) is 4.98 Å². The van der Waals surface area contributed by atoms with Gasteiger partial charge in [0.15, 0.2) is 5.69 Å². The second-order valence-corrected chi connectivity index (χ2v) is 3.48. The molecular weight excluding hydrogens is 217 g/mol. The quantitative estimate of drug-likeness (QED) is 0.515. The highest BCUT2D eigenvalue weighted by atomic mass is 32.1. The molecule has 1 heterocycles. The average Bonchev–Trinajstić information content (AvgIpc) is 2.46. The van der Waals surface area contributed by atoms with Crippen LogP contribution in [0.2, 0.25) is 0 Å². The number of nitrogens with two attached hydrogens (primary N) is 2. The van der Waals surface area contributed by atoms with E-state index in [1.807, 2.05) is 0 Å². The van der Waals surface area contributed by atoms with Crippen molar-refractivity contribution in [3.05, 3.63) is 15.6 Å². The number of nitrogens with one attached hydrogen (secondary N) is 1. The molecule has 0 fully saturated rings. The second kappa shape index (κ2) is 3.54. The van der Waals surface area contributed by atoms with Crippen molar-refractivity contribution in [2.24, 2.45) is 11.5 Å². The Morgan fingerprint density at radius 2 is 2.07 bits per heavy atom. The van der Waals surface area contributed by atoms with Crippen molar-refractivity contribution in [1.29, 1.82) is 5.41 Å². The molecule has 5 N–H and O–H groups in total. The molecule has 78 valence electrons. The van der Waals surface area contributed by atoms with E-state index in [2.05, 4.69) is 4.98 Å². The van der Waals surface area contributed by atoms with Crippen molar-refractivity contribution < 1.29 is 13.2 Å². The zero-order valence-corrected chi connectivity index (χ0v) is 7.67. The maximum absolute atomic E-state index is 12.3. The lowest BCUT2D eigenvalue weighted by atomic mass is 10.3. The van der Waals surface area contributed by atoms with Gasteiger partial charge in [0.1, 0.15) is 15.7 Å². The predicted octanol–water partition coefficient (Wildman–Crippen LogP) is 0.905. The Kier molecular flexibility index (Phi) is 2.76. The average molecular weight is 224 g/mol. The molecule has 1 aromatic heterocycles. The molecule has 1 aromatic rings. The van der Waals surface area contributed by atoms with Crippen LogP contribution in [0.3, 0.4) is 0 Å². The first-order chi connectivity index (χ1) is 6.36. The summed E-state index contributed by atoms with van der Waals surface area (Å²) >= 11 is 0.689. The summed E-state index contributed by atoms with van der Waals surface area (Å²) in [6.07, 6.45) is -4.59. The lowest BCUT2D eigenvalue weighted by Crippen LogP contribution is -2.17. The summed E-state index contributed by atoms with van der Waals surface area (Å²) in [5.74, 6) is -0.644. The first-order valence-corrected chi connectivity index (χ1v) is 4.29. The first kappa shape index (κ1) is 10.9. The molecule has 0 saturated carbocycles. The Bertz CT molecular complexity index is 356. The van der Waals surface area contributed by atoms with Crippen LogP contribution in [-0.2, 0) is 12.7 Å². The Balaban J connectivity index is 3.26. The van der Waals surface area contributed by atoms with Gasteiger partial charge in [-0.3, -0.25) is 5.41 Å². The van der Waals surface area contributed by atoms with Crippen molar-refractivity contribution in [2.45, 2.75) is 12.7 Å². The fraction of sp³-hybridized carbons (Fsp3) is 0.333. The highest BCUT2D eigenvalue weighted by Gasteiger charge is 2.38.